The number of rotatable bonds is 5. The molecule has 0 aromatic heterocycles. The lowest BCUT2D eigenvalue weighted by Gasteiger charge is -2.55. The summed E-state index contributed by atoms with van der Waals surface area (Å²) in [6.07, 6.45) is 3.03. The van der Waals surface area contributed by atoms with Gasteiger partial charge in [0.05, 0.1) is 6.61 Å². The molecule has 1 unspecified atom stereocenters. The first-order valence-electron chi connectivity index (χ1n) is 12.9. The van der Waals surface area contributed by atoms with Crippen LogP contribution in [0.1, 0.15) is 52.7 Å². The number of anilines is 1. The lowest BCUT2D eigenvalue weighted by molar-refractivity contribution is -0.136. The van der Waals surface area contributed by atoms with E-state index in [1.165, 1.54) is 18.4 Å². The molecule has 3 fully saturated rings. The van der Waals surface area contributed by atoms with Gasteiger partial charge in [-0.3, -0.25) is 24.6 Å². The van der Waals surface area contributed by atoms with Crippen molar-refractivity contribution in [3.63, 3.8) is 0 Å². The van der Waals surface area contributed by atoms with Crippen LogP contribution >= 0.6 is 0 Å². The maximum absolute atomic E-state index is 13.0. The topological polar surface area (TPSA) is 93.2 Å². The number of hydrogen-bond donors (Lipinski definition) is 2. The molecular weight excluding hydrogens is 456 g/mol. The fraction of sp³-hybridized carbons (Fsp3) is 0.464. The van der Waals surface area contributed by atoms with Crippen LogP contribution in [0.25, 0.3) is 0 Å². The van der Waals surface area contributed by atoms with Crippen molar-refractivity contribution in [3.8, 4) is 0 Å². The van der Waals surface area contributed by atoms with Gasteiger partial charge in [0.2, 0.25) is 11.8 Å². The number of piperidine rings is 2. The predicted octanol–water partition coefficient (Wildman–Crippen LogP) is 2.04. The van der Waals surface area contributed by atoms with Crippen LogP contribution in [0, 0.1) is 5.41 Å². The summed E-state index contributed by atoms with van der Waals surface area (Å²) in [5.74, 6) is -0.757. The summed E-state index contributed by atoms with van der Waals surface area (Å²) in [5, 5.41) is 11.6. The fourth-order valence-electron chi connectivity index (χ4n) is 6.21. The number of carbonyl (C=O) groups is 3. The molecule has 0 radical (unpaired) electrons. The van der Waals surface area contributed by atoms with E-state index >= 15 is 0 Å². The van der Waals surface area contributed by atoms with Crippen molar-refractivity contribution in [3.05, 3.63) is 64.7 Å². The number of nitrogens with one attached hydrogen (secondary N) is 1. The van der Waals surface area contributed by atoms with Gasteiger partial charge in [0.15, 0.2) is 0 Å². The molecule has 6 rings (SSSR count). The number of nitrogens with zero attached hydrogens (tertiary/aromatic N) is 3. The lowest BCUT2D eigenvalue weighted by Crippen LogP contribution is -2.60. The smallest absolute Gasteiger partial charge is 0.255 e. The lowest BCUT2D eigenvalue weighted by atomic mass is 9.71. The first kappa shape index (κ1) is 23.2. The van der Waals surface area contributed by atoms with Crippen molar-refractivity contribution in [1.29, 1.82) is 0 Å². The summed E-state index contributed by atoms with van der Waals surface area (Å²) in [4.78, 5) is 43.3. The largest absolute Gasteiger partial charge is 0.392 e. The van der Waals surface area contributed by atoms with Gasteiger partial charge in [0.1, 0.15) is 6.04 Å². The zero-order chi connectivity index (χ0) is 24.9. The van der Waals surface area contributed by atoms with Gasteiger partial charge in [0, 0.05) is 49.3 Å². The Bertz CT molecular complexity index is 1190. The van der Waals surface area contributed by atoms with Crippen LogP contribution in [-0.4, -0.2) is 64.8 Å². The molecule has 4 heterocycles. The number of carbonyl (C=O) groups excluding carboxylic acids is 3. The van der Waals surface area contributed by atoms with Crippen molar-refractivity contribution >= 4 is 23.4 Å². The second-order valence-corrected chi connectivity index (χ2v) is 10.8. The normalized spacial score (nSPS) is 23.6. The second-order valence-electron chi connectivity index (χ2n) is 10.8. The number of hydrogen-bond acceptors (Lipinski definition) is 6. The van der Waals surface area contributed by atoms with Gasteiger partial charge in [-0.15, -0.1) is 0 Å². The maximum Gasteiger partial charge on any atom is 0.255 e. The molecule has 4 aliphatic heterocycles. The van der Waals surface area contributed by atoms with E-state index in [4.69, 9.17) is 0 Å². The van der Waals surface area contributed by atoms with E-state index in [9.17, 15) is 19.5 Å². The molecule has 8 nitrogen and oxygen atoms in total. The highest BCUT2D eigenvalue weighted by atomic mass is 16.3. The molecule has 2 N–H and O–H groups in total. The monoisotopic (exact) mass is 488 g/mol. The van der Waals surface area contributed by atoms with Gasteiger partial charge in [-0.05, 0) is 67.2 Å². The Morgan fingerprint density at radius 3 is 2.39 bits per heavy atom. The number of fused-ring (bicyclic) bond motifs is 1. The van der Waals surface area contributed by atoms with E-state index in [1.54, 1.807) is 4.90 Å². The third-order valence-electron chi connectivity index (χ3n) is 8.45. The third-order valence-corrected chi connectivity index (χ3v) is 8.45. The van der Waals surface area contributed by atoms with Crippen LogP contribution < -0.4 is 10.2 Å². The van der Waals surface area contributed by atoms with E-state index in [2.05, 4.69) is 33.3 Å². The van der Waals surface area contributed by atoms with Crippen LogP contribution in [-0.2, 0) is 29.3 Å². The van der Waals surface area contributed by atoms with Crippen LogP contribution in [0.3, 0.4) is 0 Å². The van der Waals surface area contributed by atoms with Gasteiger partial charge in [-0.2, -0.15) is 0 Å². The van der Waals surface area contributed by atoms with E-state index in [-0.39, 0.29) is 30.7 Å². The van der Waals surface area contributed by atoms with Crippen molar-refractivity contribution in [2.45, 2.75) is 51.4 Å². The standard InChI is InChI=1S/C28H32N4O4/c33-16-20-3-1-19(2-4-20)14-30-11-9-28(10-12-30)17-31(18-28)22-5-6-23-21(13-22)15-32(27(23)36)24-7-8-25(34)29-26(24)35/h1-6,13,24,33H,7-12,14-18H2,(H,29,34,35). The molecule has 36 heavy (non-hydrogen) atoms. The van der Waals surface area contributed by atoms with E-state index in [1.807, 2.05) is 24.3 Å². The molecule has 3 saturated heterocycles. The van der Waals surface area contributed by atoms with Crippen molar-refractivity contribution in [1.82, 2.24) is 15.1 Å². The fourth-order valence-corrected chi connectivity index (χ4v) is 6.21. The molecule has 1 spiro atoms. The first-order valence-corrected chi connectivity index (χ1v) is 12.9. The average molecular weight is 489 g/mol. The quantitative estimate of drug-likeness (QED) is 0.626. The van der Waals surface area contributed by atoms with Crippen molar-refractivity contribution < 1.29 is 19.5 Å². The number of benzene rings is 2. The highest BCUT2D eigenvalue weighted by Crippen LogP contribution is 2.43. The highest BCUT2D eigenvalue weighted by Gasteiger charge is 2.45. The van der Waals surface area contributed by atoms with Crippen LogP contribution in [0.15, 0.2) is 42.5 Å². The van der Waals surface area contributed by atoms with Gasteiger partial charge in [0.25, 0.3) is 5.91 Å². The number of aliphatic hydroxyl groups is 1. The van der Waals surface area contributed by atoms with Crippen LogP contribution in [0.2, 0.25) is 0 Å². The third kappa shape index (κ3) is 4.18. The summed E-state index contributed by atoms with van der Waals surface area (Å²) in [6, 6.07) is 13.7. The SMILES string of the molecule is O=C1CCC(N2Cc3cc(N4CC5(CCN(Cc6ccc(CO)cc6)CC5)C4)ccc3C2=O)C(=O)N1. The minimum absolute atomic E-state index is 0.0850. The second kappa shape index (κ2) is 9.01. The Morgan fingerprint density at radius 2 is 1.69 bits per heavy atom. The van der Waals surface area contributed by atoms with Gasteiger partial charge in [-0.25, -0.2) is 0 Å². The van der Waals surface area contributed by atoms with Crippen LogP contribution in [0.4, 0.5) is 5.69 Å². The predicted molar refractivity (Wildman–Crippen MR) is 134 cm³/mol. The van der Waals surface area contributed by atoms with Crippen LogP contribution in [0.5, 0.6) is 0 Å². The molecule has 4 aliphatic rings. The zero-order valence-electron chi connectivity index (χ0n) is 20.4. The van der Waals surface area contributed by atoms with Crippen molar-refractivity contribution in [2.75, 3.05) is 31.1 Å². The average Bonchev–Trinajstić information content (AvgIpc) is 3.19. The first-order chi connectivity index (χ1) is 17.4. The van der Waals surface area contributed by atoms with Gasteiger partial charge < -0.3 is 14.9 Å². The minimum Gasteiger partial charge on any atom is -0.392 e. The van der Waals surface area contributed by atoms with Gasteiger partial charge >= 0.3 is 0 Å². The maximum atomic E-state index is 13.0. The summed E-state index contributed by atoms with van der Waals surface area (Å²) in [6.45, 7) is 5.72. The Hall–Kier alpha value is -3.23. The van der Waals surface area contributed by atoms with E-state index in [0.717, 1.165) is 49.5 Å². The number of amides is 3. The highest BCUT2D eigenvalue weighted by molar-refractivity contribution is 6.05. The summed E-state index contributed by atoms with van der Waals surface area (Å²) >= 11 is 0. The minimum atomic E-state index is -0.573. The zero-order valence-corrected chi connectivity index (χ0v) is 20.4. The number of likely N-dealkylation sites (tertiary alicyclic amines) is 1. The Labute approximate surface area is 210 Å². The molecule has 0 bridgehead atoms. The van der Waals surface area contributed by atoms with Crippen molar-refractivity contribution in [2.24, 2.45) is 5.41 Å². The number of aliphatic hydroxyl groups excluding tert-OH is 1. The summed E-state index contributed by atoms with van der Waals surface area (Å²) < 4.78 is 0. The Balaban J connectivity index is 1.04. The molecule has 188 valence electrons. The molecule has 3 amide bonds. The summed E-state index contributed by atoms with van der Waals surface area (Å²) in [7, 11) is 0. The molecule has 1 atom stereocenters. The molecular formula is C28H32N4O4. The Kier molecular flexibility index (Phi) is 5.80. The molecule has 8 heteroatoms. The molecule has 0 aliphatic carbocycles. The van der Waals surface area contributed by atoms with E-state index < -0.39 is 6.04 Å². The summed E-state index contributed by atoms with van der Waals surface area (Å²) in [5.41, 5.74) is 5.38. The Morgan fingerprint density at radius 1 is 0.972 bits per heavy atom. The molecule has 0 saturated carbocycles. The van der Waals surface area contributed by atoms with E-state index in [0.29, 0.717) is 23.9 Å². The number of imide groups is 1. The van der Waals surface area contributed by atoms with Gasteiger partial charge in [-0.1, -0.05) is 24.3 Å². The molecule has 2 aromatic carbocycles. The molecule has 2 aromatic rings.